The Morgan fingerprint density at radius 2 is 2.06 bits per heavy atom. The zero-order valence-corrected chi connectivity index (χ0v) is 9.54. The van der Waals surface area contributed by atoms with Gasteiger partial charge >= 0.3 is 0 Å². The van der Waals surface area contributed by atoms with Gasteiger partial charge in [-0.25, -0.2) is 0 Å². The number of rotatable bonds is 6. The molecule has 2 atom stereocenters. The third-order valence-electron chi connectivity index (χ3n) is 2.24. The fourth-order valence-corrected chi connectivity index (χ4v) is 1.19. The fourth-order valence-electron chi connectivity index (χ4n) is 1.19. The Morgan fingerprint density at radius 1 is 1.38 bits per heavy atom. The first-order chi connectivity index (χ1) is 7.70. The maximum atomic E-state index is 9.14. The molecule has 0 aromatic heterocycles. The molecule has 1 aromatic carbocycles. The zero-order chi connectivity index (χ0) is 11.8. The average molecular weight is 221 g/mol. The summed E-state index contributed by atoms with van der Waals surface area (Å²) in [4.78, 5) is 0. The van der Waals surface area contributed by atoms with Crippen LogP contribution in [0.2, 0.25) is 0 Å². The van der Waals surface area contributed by atoms with E-state index in [1.165, 1.54) is 0 Å². The quantitative estimate of drug-likeness (QED) is 0.565. The van der Waals surface area contributed by atoms with Crippen molar-refractivity contribution < 1.29 is 9.84 Å². The lowest BCUT2D eigenvalue weighted by Crippen LogP contribution is -2.29. The third-order valence-corrected chi connectivity index (χ3v) is 2.24. The molecule has 0 saturated carbocycles. The molecule has 3 nitrogen and oxygen atoms in total. The number of benzene rings is 1. The molecule has 16 heavy (non-hydrogen) atoms. The second-order valence-corrected chi connectivity index (χ2v) is 3.75. The average Bonchev–Trinajstić information content (AvgIpc) is 2.29. The minimum atomic E-state index is -0.523. The highest BCUT2D eigenvalue weighted by Gasteiger charge is 2.02. The van der Waals surface area contributed by atoms with Gasteiger partial charge in [-0.15, -0.1) is 0 Å². The van der Waals surface area contributed by atoms with E-state index in [4.69, 9.17) is 15.6 Å². The minimum absolute atomic E-state index is 0.319. The standard InChI is InChI=1S/C13H19NO2/c1-11(15)13(14)8-5-9-16-10-12-6-3-2-4-7-12/h2-8,11,13,15H,9-10,14H2,1H3/b8-5+/t11-,13+/m1/s1. The van der Waals surface area contributed by atoms with E-state index in [9.17, 15) is 0 Å². The number of hydrogen-bond donors (Lipinski definition) is 2. The second-order valence-electron chi connectivity index (χ2n) is 3.75. The summed E-state index contributed by atoms with van der Waals surface area (Å²) >= 11 is 0. The summed E-state index contributed by atoms with van der Waals surface area (Å²) in [7, 11) is 0. The highest BCUT2D eigenvalue weighted by molar-refractivity contribution is 5.13. The normalized spacial score (nSPS) is 15.2. The van der Waals surface area contributed by atoms with E-state index in [1.54, 1.807) is 13.0 Å². The van der Waals surface area contributed by atoms with Crippen molar-refractivity contribution in [1.82, 2.24) is 0 Å². The molecular formula is C13H19NO2. The van der Waals surface area contributed by atoms with Crippen molar-refractivity contribution in [3.63, 3.8) is 0 Å². The summed E-state index contributed by atoms with van der Waals surface area (Å²) in [5.41, 5.74) is 6.77. The van der Waals surface area contributed by atoms with E-state index >= 15 is 0 Å². The number of hydrogen-bond acceptors (Lipinski definition) is 3. The predicted molar refractivity (Wildman–Crippen MR) is 64.9 cm³/mol. The van der Waals surface area contributed by atoms with Crippen molar-refractivity contribution in [3.8, 4) is 0 Å². The Bertz CT molecular complexity index is 309. The van der Waals surface area contributed by atoms with Crippen molar-refractivity contribution in [1.29, 1.82) is 0 Å². The van der Waals surface area contributed by atoms with E-state index in [0.29, 0.717) is 13.2 Å². The Labute approximate surface area is 96.5 Å². The van der Waals surface area contributed by atoms with Crippen molar-refractivity contribution in [2.45, 2.75) is 25.7 Å². The van der Waals surface area contributed by atoms with E-state index in [-0.39, 0.29) is 6.04 Å². The van der Waals surface area contributed by atoms with Gasteiger partial charge < -0.3 is 15.6 Å². The van der Waals surface area contributed by atoms with Gasteiger partial charge in [-0.1, -0.05) is 42.5 Å². The molecule has 3 N–H and O–H groups in total. The molecule has 0 aliphatic carbocycles. The van der Waals surface area contributed by atoms with E-state index < -0.39 is 6.10 Å². The van der Waals surface area contributed by atoms with Crippen molar-refractivity contribution >= 4 is 0 Å². The molecule has 0 bridgehead atoms. The van der Waals surface area contributed by atoms with Crippen molar-refractivity contribution in [2.24, 2.45) is 5.73 Å². The molecule has 0 unspecified atom stereocenters. The summed E-state index contributed by atoms with van der Waals surface area (Å²) in [6, 6.07) is 9.66. The fraction of sp³-hybridized carbons (Fsp3) is 0.385. The van der Waals surface area contributed by atoms with Gasteiger partial charge in [0.25, 0.3) is 0 Å². The van der Waals surface area contributed by atoms with Gasteiger partial charge in [-0.05, 0) is 12.5 Å². The zero-order valence-electron chi connectivity index (χ0n) is 9.54. The Hall–Kier alpha value is -1.16. The Balaban J connectivity index is 2.17. The maximum absolute atomic E-state index is 9.14. The number of aliphatic hydroxyl groups excluding tert-OH is 1. The first-order valence-electron chi connectivity index (χ1n) is 5.42. The largest absolute Gasteiger partial charge is 0.391 e. The Kier molecular flexibility index (Phi) is 5.78. The molecule has 1 rings (SSSR count). The molecule has 0 radical (unpaired) electrons. The number of nitrogens with two attached hydrogens (primary N) is 1. The van der Waals surface area contributed by atoms with Crippen LogP contribution >= 0.6 is 0 Å². The van der Waals surface area contributed by atoms with Gasteiger partial charge in [-0.3, -0.25) is 0 Å². The van der Waals surface area contributed by atoms with Crippen LogP contribution in [0.1, 0.15) is 12.5 Å². The van der Waals surface area contributed by atoms with Gasteiger partial charge in [0.05, 0.1) is 19.3 Å². The second kappa shape index (κ2) is 7.17. The highest BCUT2D eigenvalue weighted by Crippen LogP contribution is 2.00. The van der Waals surface area contributed by atoms with Crippen LogP contribution in [-0.2, 0) is 11.3 Å². The molecule has 0 fully saturated rings. The molecule has 0 aliphatic heterocycles. The van der Waals surface area contributed by atoms with Crippen LogP contribution in [0.25, 0.3) is 0 Å². The van der Waals surface area contributed by atoms with E-state index in [2.05, 4.69) is 0 Å². The lowest BCUT2D eigenvalue weighted by Gasteiger charge is -2.08. The lowest BCUT2D eigenvalue weighted by atomic mass is 10.2. The van der Waals surface area contributed by atoms with Crippen LogP contribution in [0, 0.1) is 0 Å². The SMILES string of the molecule is C[C@@H](O)[C@@H](N)/C=C/COCc1ccccc1. The van der Waals surface area contributed by atoms with E-state index in [0.717, 1.165) is 5.56 Å². The summed E-state index contributed by atoms with van der Waals surface area (Å²) in [6.45, 7) is 2.77. The van der Waals surface area contributed by atoms with Crippen LogP contribution in [0.5, 0.6) is 0 Å². The first-order valence-corrected chi connectivity index (χ1v) is 5.42. The van der Waals surface area contributed by atoms with Gasteiger partial charge in [0, 0.05) is 6.04 Å². The predicted octanol–water partition coefficient (Wildman–Crippen LogP) is 1.47. The molecule has 3 heteroatoms. The maximum Gasteiger partial charge on any atom is 0.0721 e. The minimum Gasteiger partial charge on any atom is -0.391 e. The molecule has 0 spiro atoms. The van der Waals surface area contributed by atoms with Gasteiger partial charge in [-0.2, -0.15) is 0 Å². The van der Waals surface area contributed by atoms with Crippen molar-refractivity contribution in [3.05, 3.63) is 48.0 Å². The monoisotopic (exact) mass is 221 g/mol. The Morgan fingerprint density at radius 3 is 2.69 bits per heavy atom. The smallest absolute Gasteiger partial charge is 0.0721 e. The summed E-state index contributed by atoms with van der Waals surface area (Å²) in [5, 5.41) is 9.14. The van der Waals surface area contributed by atoms with Crippen LogP contribution in [-0.4, -0.2) is 23.9 Å². The van der Waals surface area contributed by atoms with Crippen LogP contribution in [0.15, 0.2) is 42.5 Å². The molecule has 0 amide bonds. The number of ether oxygens (including phenoxy) is 1. The number of aliphatic hydroxyl groups is 1. The topological polar surface area (TPSA) is 55.5 Å². The van der Waals surface area contributed by atoms with Gasteiger partial charge in [0.1, 0.15) is 0 Å². The highest BCUT2D eigenvalue weighted by atomic mass is 16.5. The van der Waals surface area contributed by atoms with Gasteiger partial charge in [0.2, 0.25) is 0 Å². The van der Waals surface area contributed by atoms with E-state index in [1.807, 2.05) is 36.4 Å². The molecule has 0 saturated heterocycles. The summed E-state index contributed by atoms with van der Waals surface area (Å²) < 4.78 is 5.43. The summed E-state index contributed by atoms with van der Waals surface area (Å²) in [5.74, 6) is 0. The van der Waals surface area contributed by atoms with Crippen LogP contribution < -0.4 is 5.73 Å². The molecule has 88 valence electrons. The third kappa shape index (κ3) is 5.07. The molecule has 1 aromatic rings. The molecule has 0 aliphatic rings. The van der Waals surface area contributed by atoms with Crippen LogP contribution in [0.3, 0.4) is 0 Å². The molecule has 0 heterocycles. The van der Waals surface area contributed by atoms with Gasteiger partial charge in [0.15, 0.2) is 0 Å². The first kappa shape index (κ1) is 12.9. The molecular weight excluding hydrogens is 202 g/mol. The van der Waals surface area contributed by atoms with Crippen molar-refractivity contribution in [2.75, 3.05) is 6.61 Å². The lowest BCUT2D eigenvalue weighted by molar-refractivity contribution is 0.147. The summed E-state index contributed by atoms with van der Waals surface area (Å²) in [6.07, 6.45) is 3.07. The van der Waals surface area contributed by atoms with Crippen LogP contribution in [0.4, 0.5) is 0 Å².